The van der Waals surface area contributed by atoms with E-state index < -0.39 is 0 Å². The summed E-state index contributed by atoms with van der Waals surface area (Å²) in [6.45, 7) is 7.62. The third kappa shape index (κ3) is 4.16. The van der Waals surface area contributed by atoms with Gasteiger partial charge in [-0.05, 0) is 31.3 Å². The maximum atomic E-state index is 13.0. The van der Waals surface area contributed by atoms with E-state index in [2.05, 4.69) is 24.1 Å². The normalized spacial score (nSPS) is 11.2. The van der Waals surface area contributed by atoms with Crippen molar-refractivity contribution in [2.45, 2.75) is 13.8 Å². The van der Waals surface area contributed by atoms with Crippen LogP contribution in [0, 0.1) is 0 Å². The molecule has 0 aliphatic carbocycles. The first kappa shape index (κ1) is 20.2. The molecule has 3 rings (SSSR count). The number of hydrogen-bond donors (Lipinski definition) is 1. The van der Waals surface area contributed by atoms with Crippen molar-refractivity contribution >= 4 is 34.1 Å². The molecule has 2 aromatic carbocycles. The van der Waals surface area contributed by atoms with Crippen molar-refractivity contribution in [1.82, 2.24) is 9.47 Å². The predicted molar refractivity (Wildman–Crippen MR) is 116 cm³/mol. The average Bonchev–Trinajstić information content (AvgIpc) is 2.97. The van der Waals surface area contributed by atoms with Gasteiger partial charge in [-0.3, -0.25) is 4.79 Å². The fourth-order valence-corrected chi connectivity index (χ4v) is 3.67. The first-order valence-corrected chi connectivity index (χ1v) is 9.93. The van der Waals surface area contributed by atoms with E-state index in [-0.39, 0.29) is 5.91 Å². The number of carbonyl (C=O) groups is 1. The van der Waals surface area contributed by atoms with Crippen LogP contribution in [0.25, 0.3) is 10.9 Å². The second kappa shape index (κ2) is 9.13. The van der Waals surface area contributed by atoms with Crippen LogP contribution in [0.4, 0.5) is 5.69 Å². The molecule has 0 bridgehead atoms. The van der Waals surface area contributed by atoms with Crippen LogP contribution < -0.4 is 10.1 Å². The quantitative estimate of drug-likeness (QED) is 0.591. The fraction of sp³-hybridized carbons (Fsp3) is 0.318. The molecule has 3 aromatic rings. The van der Waals surface area contributed by atoms with Gasteiger partial charge < -0.3 is 19.5 Å². The van der Waals surface area contributed by atoms with E-state index in [4.69, 9.17) is 16.3 Å². The van der Waals surface area contributed by atoms with Gasteiger partial charge in [0, 0.05) is 24.5 Å². The highest BCUT2D eigenvalue weighted by atomic mass is 35.5. The number of rotatable bonds is 8. The molecule has 0 atom stereocenters. The summed E-state index contributed by atoms with van der Waals surface area (Å²) in [5.41, 5.74) is 1.98. The monoisotopic (exact) mass is 399 g/mol. The summed E-state index contributed by atoms with van der Waals surface area (Å²) in [5, 5.41) is 4.27. The van der Waals surface area contributed by atoms with E-state index in [1.165, 1.54) is 0 Å². The third-order valence-electron chi connectivity index (χ3n) is 4.96. The Morgan fingerprint density at radius 2 is 1.79 bits per heavy atom. The number of aromatic nitrogens is 1. The van der Waals surface area contributed by atoms with Gasteiger partial charge in [0.1, 0.15) is 18.1 Å². The van der Waals surface area contributed by atoms with Crippen LogP contribution in [-0.4, -0.2) is 41.6 Å². The Hall–Kier alpha value is -2.50. The van der Waals surface area contributed by atoms with Crippen LogP contribution in [0.2, 0.25) is 5.02 Å². The Labute approximate surface area is 170 Å². The van der Waals surface area contributed by atoms with Crippen molar-refractivity contribution < 1.29 is 9.53 Å². The number of likely N-dealkylation sites (N-methyl/N-ethyl adjacent to an activating group) is 1. The van der Waals surface area contributed by atoms with Gasteiger partial charge in [0.25, 0.3) is 5.91 Å². The second-order valence-electron chi connectivity index (χ2n) is 6.56. The maximum Gasteiger partial charge on any atom is 0.273 e. The Balaban J connectivity index is 1.78. The highest BCUT2D eigenvalue weighted by molar-refractivity contribution is 6.39. The molecule has 6 heteroatoms. The topological polar surface area (TPSA) is 46.5 Å². The summed E-state index contributed by atoms with van der Waals surface area (Å²) >= 11 is 6.50. The van der Waals surface area contributed by atoms with Gasteiger partial charge in [0.15, 0.2) is 0 Å². The van der Waals surface area contributed by atoms with Crippen molar-refractivity contribution in [3.63, 3.8) is 0 Å². The van der Waals surface area contributed by atoms with Crippen molar-refractivity contribution in [3.8, 4) is 5.75 Å². The van der Waals surface area contributed by atoms with Crippen molar-refractivity contribution in [2.75, 3.05) is 31.6 Å². The number of fused-ring (bicyclic) bond motifs is 1. The molecule has 0 saturated heterocycles. The molecule has 0 fully saturated rings. The number of nitrogens with one attached hydrogen (secondary N) is 1. The Morgan fingerprint density at radius 1 is 1.11 bits per heavy atom. The van der Waals surface area contributed by atoms with Gasteiger partial charge in [0.2, 0.25) is 0 Å². The van der Waals surface area contributed by atoms with Crippen LogP contribution in [-0.2, 0) is 7.05 Å². The zero-order chi connectivity index (χ0) is 20.1. The summed E-state index contributed by atoms with van der Waals surface area (Å²) in [7, 11) is 1.84. The van der Waals surface area contributed by atoms with Crippen LogP contribution in [0.3, 0.4) is 0 Å². The molecule has 0 saturated carbocycles. The van der Waals surface area contributed by atoms with E-state index in [9.17, 15) is 4.79 Å². The zero-order valence-corrected chi connectivity index (χ0v) is 17.3. The molecule has 0 spiro atoms. The lowest BCUT2D eigenvalue weighted by Gasteiger charge is -2.19. The lowest BCUT2D eigenvalue weighted by Crippen LogP contribution is -2.28. The molecule has 1 N–H and O–H groups in total. The van der Waals surface area contributed by atoms with E-state index >= 15 is 0 Å². The van der Waals surface area contributed by atoms with Crippen molar-refractivity contribution in [1.29, 1.82) is 0 Å². The number of hydrogen-bond acceptors (Lipinski definition) is 3. The van der Waals surface area contributed by atoms with Gasteiger partial charge >= 0.3 is 0 Å². The minimum absolute atomic E-state index is 0.261. The number of halogens is 1. The van der Waals surface area contributed by atoms with Crippen LogP contribution in [0.1, 0.15) is 24.3 Å². The molecule has 0 aliphatic rings. The van der Waals surface area contributed by atoms with Crippen molar-refractivity contribution in [2.24, 2.45) is 7.05 Å². The highest BCUT2D eigenvalue weighted by Gasteiger charge is 2.20. The fourth-order valence-electron chi connectivity index (χ4n) is 3.30. The summed E-state index contributed by atoms with van der Waals surface area (Å²) in [6, 6.07) is 15.2. The molecular weight excluding hydrogens is 374 g/mol. The van der Waals surface area contributed by atoms with E-state index in [0.717, 1.165) is 30.5 Å². The number of anilines is 1. The Bertz CT molecular complexity index is 925. The molecular formula is C22H26ClN3O2. The number of benzene rings is 2. The Kier molecular flexibility index (Phi) is 6.60. The summed E-state index contributed by atoms with van der Waals surface area (Å²) in [6.07, 6.45) is 0. The third-order valence-corrected chi connectivity index (χ3v) is 5.34. The van der Waals surface area contributed by atoms with E-state index in [1.807, 2.05) is 60.1 Å². The average molecular weight is 400 g/mol. The minimum atomic E-state index is -0.261. The number of aryl methyl sites for hydroxylation is 1. The molecule has 1 aromatic heterocycles. The molecule has 0 radical (unpaired) electrons. The second-order valence-corrected chi connectivity index (χ2v) is 6.94. The van der Waals surface area contributed by atoms with Gasteiger partial charge in [-0.1, -0.05) is 55.8 Å². The lowest BCUT2D eigenvalue weighted by molar-refractivity contribution is 0.101. The predicted octanol–water partition coefficient (Wildman–Crippen LogP) is 4.80. The smallest absolute Gasteiger partial charge is 0.273 e. The number of amides is 1. The SMILES string of the molecule is CCN(CC)CCOc1ccccc1NC(=O)c1c(Cl)c2ccccc2n1C. The molecule has 5 nitrogen and oxygen atoms in total. The molecule has 1 heterocycles. The molecule has 1 amide bonds. The largest absolute Gasteiger partial charge is 0.490 e. The van der Waals surface area contributed by atoms with Crippen LogP contribution >= 0.6 is 11.6 Å². The van der Waals surface area contributed by atoms with Crippen LogP contribution in [0.5, 0.6) is 5.75 Å². The molecule has 0 aliphatic heterocycles. The first-order valence-electron chi connectivity index (χ1n) is 9.55. The number of nitrogens with zero attached hydrogens (tertiary/aromatic N) is 2. The summed E-state index contributed by atoms with van der Waals surface area (Å²) in [5.74, 6) is 0.390. The number of para-hydroxylation sites is 3. The Morgan fingerprint density at radius 3 is 2.50 bits per heavy atom. The van der Waals surface area contributed by atoms with Crippen molar-refractivity contribution in [3.05, 3.63) is 59.2 Å². The molecule has 28 heavy (non-hydrogen) atoms. The lowest BCUT2D eigenvalue weighted by atomic mass is 10.2. The molecule has 0 unspecified atom stereocenters. The van der Waals surface area contributed by atoms with Crippen LogP contribution in [0.15, 0.2) is 48.5 Å². The minimum Gasteiger partial charge on any atom is -0.490 e. The molecule has 148 valence electrons. The highest BCUT2D eigenvalue weighted by Crippen LogP contribution is 2.31. The number of carbonyl (C=O) groups excluding carboxylic acids is 1. The summed E-state index contributed by atoms with van der Waals surface area (Å²) in [4.78, 5) is 15.3. The van der Waals surface area contributed by atoms with Gasteiger partial charge in [-0.2, -0.15) is 0 Å². The van der Waals surface area contributed by atoms with Gasteiger partial charge in [0.05, 0.1) is 10.7 Å². The van der Waals surface area contributed by atoms with Gasteiger partial charge in [-0.25, -0.2) is 0 Å². The summed E-state index contributed by atoms with van der Waals surface area (Å²) < 4.78 is 7.75. The standard InChI is InChI=1S/C22H26ClN3O2/c1-4-26(5-2)14-15-28-19-13-9-7-11-17(19)24-22(27)21-20(23)16-10-6-8-12-18(16)25(21)3/h6-13H,4-5,14-15H2,1-3H3,(H,24,27). The number of ether oxygens (including phenoxy) is 1. The van der Waals surface area contributed by atoms with E-state index in [0.29, 0.717) is 28.8 Å². The first-order chi connectivity index (χ1) is 13.6. The maximum absolute atomic E-state index is 13.0. The zero-order valence-electron chi connectivity index (χ0n) is 16.5. The van der Waals surface area contributed by atoms with Gasteiger partial charge in [-0.15, -0.1) is 0 Å². The van der Waals surface area contributed by atoms with E-state index in [1.54, 1.807) is 0 Å².